The van der Waals surface area contributed by atoms with Crippen LogP contribution in [0, 0.1) is 0 Å². The second-order valence-corrected chi connectivity index (χ2v) is 5.83. The minimum absolute atomic E-state index is 0.0936. The largest absolute Gasteiger partial charge is 0.490 e. The van der Waals surface area contributed by atoms with Crippen LogP contribution in [-0.4, -0.2) is 41.4 Å². The van der Waals surface area contributed by atoms with E-state index in [9.17, 15) is 9.90 Å². The Hall–Kier alpha value is -1.75. The predicted molar refractivity (Wildman–Crippen MR) is 77.5 cm³/mol. The first-order valence-electron chi connectivity index (χ1n) is 7.43. The van der Waals surface area contributed by atoms with E-state index in [2.05, 4.69) is 0 Å². The number of carbonyl (C=O) groups is 1. The van der Waals surface area contributed by atoms with Gasteiger partial charge in [-0.15, -0.1) is 0 Å². The number of ether oxygens (including phenoxy) is 2. The van der Waals surface area contributed by atoms with E-state index >= 15 is 0 Å². The molecular formula is C16H21NO4. The fourth-order valence-corrected chi connectivity index (χ4v) is 3.61. The molecule has 3 rings (SSSR count). The van der Waals surface area contributed by atoms with Crippen LogP contribution in [0.4, 0.5) is 4.79 Å². The van der Waals surface area contributed by atoms with Crippen LogP contribution in [-0.2, 0) is 11.3 Å². The van der Waals surface area contributed by atoms with Crippen molar-refractivity contribution in [2.45, 2.75) is 50.5 Å². The Labute approximate surface area is 124 Å². The van der Waals surface area contributed by atoms with Gasteiger partial charge < -0.3 is 19.5 Å². The van der Waals surface area contributed by atoms with E-state index in [0.717, 1.165) is 37.0 Å². The van der Waals surface area contributed by atoms with Crippen molar-refractivity contribution in [1.82, 2.24) is 4.90 Å². The molecule has 2 aliphatic rings. The normalized spacial score (nSPS) is 27.7. The second kappa shape index (κ2) is 5.93. The second-order valence-electron chi connectivity index (χ2n) is 5.83. The van der Waals surface area contributed by atoms with Crippen LogP contribution in [0.5, 0.6) is 5.75 Å². The van der Waals surface area contributed by atoms with Crippen molar-refractivity contribution < 1.29 is 19.4 Å². The minimum Gasteiger partial charge on any atom is -0.490 e. The number of hydrogen-bond donors (Lipinski definition) is 1. The lowest BCUT2D eigenvalue weighted by Crippen LogP contribution is -2.48. The quantitative estimate of drug-likeness (QED) is 0.926. The van der Waals surface area contributed by atoms with Crippen molar-refractivity contribution in [3.05, 3.63) is 29.8 Å². The summed E-state index contributed by atoms with van der Waals surface area (Å²) in [7, 11) is 1.67. The number of rotatable bonds is 4. The molecule has 3 atom stereocenters. The summed E-state index contributed by atoms with van der Waals surface area (Å²) in [6, 6.07) is 8.11. The van der Waals surface area contributed by atoms with E-state index < -0.39 is 6.09 Å². The van der Waals surface area contributed by atoms with Crippen LogP contribution in [0.15, 0.2) is 24.3 Å². The summed E-state index contributed by atoms with van der Waals surface area (Å²) in [5, 5.41) is 9.28. The zero-order valence-electron chi connectivity index (χ0n) is 12.2. The van der Waals surface area contributed by atoms with E-state index in [1.807, 2.05) is 24.3 Å². The zero-order valence-corrected chi connectivity index (χ0v) is 12.2. The third-order valence-corrected chi connectivity index (χ3v) is 4.48. The van der Waals surface area contributed by atoms with Crippen LogP contribution in [0.25, 0.3) is 0 Å². The average Bonchev–Trinajstić information content (AvgIpc) is 2.74. The van der Waals surface area contributed by atoms with Crippen LogP contribution in [0.2, 0.25) is 0 Å². The fourth-order valence-electron chi connectivity index (χ4n) is 3.61. The van der Waals surface area contributed by atoms with Crippen LogP contribution in [0.3, 0.4) is 0 Å². The summed E-state index contributed by atoms with van der Waals surface area (Å²) in [6.45, 7) is 0.525. The molecule has 5 nitrogen and oxygen atoms in total. The molecule has 0 unspecified atom stereocenters. The predicted octanol–water partition coefficient (Wildman–Crippen LogP) is 2.89. The number of piperidine rings is 1. The number of fused-ring (bicyclic) bond motifs is 2. The first-order chi connectivity index (χ1) is 10.2. The molecule has 1 amide bonds. The first-order valence-corrected chi connectivity index (χ1v) is 7.43. The highest BCUT2D eigenvalue weighted by atomic mass is 16.5. The van der Waals surface area contributed by atoms with Crippen molar-refractivity contribution in [2.24, 2.45) is 0 Å². The Kier molecular flexibility index (Phi) is 4.01. The highest BCUT2D eigenvalue weighted by Crippen LogP contribution is 2.37. The van der Waals surface area contributed by atoms with Gasteiger partial charge in [-0.2, -0.15) is 0 Å². The summed E-state index contributed by atoms with van der Waals surface area (Å²) in [5.41, 5.74) is 1.04. The van der Waals surface area contributed by atoms with E-state index in [4.69, 9.17) is 9.47 Å². The molecule has 0 aliphatic carbocycles. The van der Waals surface area contributed by atoms with Crippen LogP contribution < -0.4 is 4.74 Å². The Morgan fingerprint density at radius 3 is 2.57 bits per heavy atom. The molecule has 2 fully saturated rings. The number of methoxy groups -OCH3 is 1. The monoisotopic (exact) mass is 291 g/mol. The van der Waals surface area contributed by atoms with Gasteiger partial charge in [0.15, 0.2) is 0 Å². The van der Waals surface area contributed by atoms with Crippen molar-refractivity contribution in [3.8, 4) is 5.75 Å². The third-order valence-electron chi connectivity index (χ3n) is 4.48. The number of hydrogen-bond acceptors (Lipinski definition) is 3. The van der Waals surface area contributed by atoms with Gasteiger partial charge >= 0.3 is 6.09 Å². The Balaban J connectivity index is 1.69. The molecule has 2 saturated heterocycles. The maximum absolute atomic E-state index is 11.3. The Morgan fingerprint density at radius 1 is 1.29 bits per heavy atom. The van der Waals surface area contributed by atoms with Crippen LogP contribution in [0.1, 0.15) is 31.2 Å². The van der Waals surface area contributed by atoms with Gasteiger partial charge in [0, 0.05) is 37.6 Å². The maximum Gasteiger partial charge on any atom is 0.407 e. The average molecular weight is 291 g/mol. The maximum atomic E-state index is 11.3. The number of para-hydroxylation sites is 1. The fraction of sp³-hybridized carbons (Fsp3) is 0.562. The van der Waals surface area contributed by atoms with Gasteiger partial charge in [-0.25, -0.2) is 4.79 Å². The number of nitrogens with zero attached hydrogens (tertiary/aromatic N) is 1. The highest BCUT2D eigenvalue weighted by molar-refractivity contribution is 5.66. The highest BCUT2D eigenvalue weighted by Gasteiger charge is 2.44. The molecule has 0 radical (unpaired) electrons. The number of carboxylic acid groups (broad SMARTS) is 1. The van der Waals surface area contributed by atoms with Gasteiger partial charge in [-0.3, -0.25) is 0 Å². The summed E-state index contributed by atoms with van der Waals surface area (Å²) >= 11 is 0. The van der Waals surface area contributed by atoms with Crippen LogP contribution >= 0.6 is 0 Å². The molecule has 2 bridgehead atoms. The Bertz CT molecular complexity index is 505. The summed E-state index contributed by atoms with van der Waals surface area (Å²) in [5.74, 6) is 0.854. The van der Waals surface area contributed by atoms with Gasteiger partial charge in [0.25, 0.3) is 0 Å². The molecule has 1 aromatic rings. The van der Waals surface area contributed by atoms with Crippen molar-refractivity contribution >= 4 is 6.09 Å². The zero-order chi connectivity index (χ0) is 14.8. The van der Waals surface area contributed by atoms with Gasteiger partial charge in [0.05, 0.1) is 6.61 Å². The topological polar surface area (TPSA) is 59.0 Å². The minimum atomic E-state index is -0.791. The van der Waals surface area contributed by atoms with Crippen molar-refractivity contribution in [2.75, 3.05) is 7.11 Å². The number of benzene rings is 1. The van der Waals surface area contributed by atoms with Gasteiger partial charge in [0.1, 0.15) is 11.9 Å². The Morgan fingerprint density at radius 2 is 1.95 bits per heavy atom. The molecule has 5 heteroatoms. The molecule has 2 aliphatic heterocycles. The number of amides is 1. The van der Waals surface area contributed by atoms with Crippen molar-refractivity contribution in [3.63, 3.8) is 0 Å². The summed E-state index contributed by atoms with van der Waals surface area (Å²) in [4.78, 5) is 12.9. The summed E-state index contributed by atoms with van der Waals surface area (Å²) < 4.78 is 11.3. The van der Waals surface area contributed by atoms with Gasteiger partial charge in [-0.05, 0) is 18.9 Å². The summed E-state index contributed by atoms with van der Waals surface area (Å²) in [6.07, 6.45) is 2.78. The SMILES string of the molecule is COCc1ccccc1O[C@H]1C[C@H]2CC[C@@H](C1)N2C(=O)O. The van der Waals surface area contributed by atoms with E-state index in [-0.39, 0.29) is 18.2 Å². The molecule has 0 aromatic heterocycles. The molecule has 0 spiro atoms. The lowest BCUT2D eigenvalue weighted by molar-refractivity contribution is 0.0483. The molecule has 114 valence electrons. The third kappa shape index (κ3) is 2.83. The smallest absolute Gasteiger partial charge is 0.407 e. The van der Waals surface area contributed by atoms with Gasteiger partial charge in [0.2, 0.25) is 0 Å². The molecule has 1 N–H and O–H groups in total. The van der Waals surface area contributed by atoms with Gasteiger partial charge in [-0.1, -0.05) is 18.2 Å². The molecular weight excluding hydrogens is 270 g/mol. The lowest BCUT2D eigenvalue weighted by Gasteiger charge is -2.37. The molecule has 2 heterocycles. The van der Waals surface area contributed by atoms with E-state index in [0.29, 0.717) is 6.61 Å². The molecule has 1 aromatic carbocycles. The van der Waals surface area contributed by atoms with Crippen molar-refractivity contribution in [1.29, 1.82) is 0 Å². The van der Waals surface area contributed by atoms with E-state index in [1.165, 1.54) is 0 Å². The molecule has 21 heavy (non-hydrogen) atoms. The lowest BCUT2D eigenvalue weighted by atomic mass is 10.00. The standard InChI is InChI=1S/C16H21NO4/c1-20-10-11-4-2-3-5-15(11)21-14-8-12-6-7-13(9-14)17(12)16(18)19/h2-5,12-14H,6-10H2,1H3,(H,18,19)/t12-,13+,14+. The molecule has 0 saturated carbocycles. The first kappa shape index (κ1) is 14.2. The van der Waals surface area contributed by atoms with E-state index in [1.54, 1.807) is 12.0 Å².